The topological polar surface area (TPSA) is 42.3 Å². The van der Waals surface area contributed by atoms with Gasteiger partial charge in [-0.15, -0.1) is 0 Å². The highest BCUT2D eigenvalue weighted by atomic mass is 35.5. The first-order valence-electron chi connectivity index (χ1n) is 9.81. The first-order valence-corrected chi connectivity index (χ1v) is 10.2. The SMILES string of the molecule is COc1ccc(C(CNCc2c(C(C)C)nn(C)c2Cl)N2CCCC2)cc1. The van der Waals surface area contributed by atoms with E-state index in [-0.39, 0.29) is 0 Å². The number of ether oxygens (including phenoxy) is 1. The van der Waals surface area contributed by atoms with Gasteiger partial charge in [0.15, 0.2) is 0 Å². The van der Waals surface area contributed by atoms with Crippen LogP contribution in [0.1, 0.15) is 55.5 Å². The molecule has 1 aromatic carbocycles. The van der Waals surface area contributed by atoms with Gasteiger partial charge in [0.25, 0.3) is 0 Å². The van der Waals surface area contributed by atoms with E-state index in [0.717, 1.165) is 48.3 Å². The smallest absolute Gasteiger partial charge is 0.131 e. The van der Waals surface area contributed by atoms with Crippen molar-refractivity contribution in [2.75, 3.05) is 26.7 Å². The van der Waals surface area contributed by atoms with Crippen LogP contribution in [0.25, 0.3) is 0 Å². The fourth-order valence-corrected chi connectivity index (χ4v) is 4.07. The van der Waals surface area contributed by atoms with E-state index in [4.69, 9.17) is 16.3 Å². The number of halogens is 1. The lowest BCUT2D eigenvalue weighted by atomic mass is 10.0. The van der Waals surface area contributed by atoms with Gasteiger partial charge in [0.1, 0.15) is 10.9 Å². The summed E-state index contributed by atoms with van der Waals surface area (Å²) in [4.78, 5) is 2.57. The van der Waals surface area contributed by atoms with Crippen molar-refractivity contribution < 1.29 is 4.74 Å². The van der Waals surface area contributed by atoms with Crippen LogP contribution in [0.3, 0.4) is 0 Å². The van der Waals surface area contributed by atoms with Gasteiger partial charge < -0.3 is 10.1 Å². The molecule has 0 bridgehead atoms. The molecule has 1 aliphatic rings. The molecule has 1 saturated heterocycles. The summed E-state index contributed by atoms with van der Waals surface area (Å²) in [6.45, 7) is 8.25. The third-order valence-electron chi connectivity index (χ3n) is 5.37. The van der Waals surface area contributed by atoms with E-state index < -0.39 is 0 Å². The molecule has 0 saturated carbocycles. The molecule has 0 radical (unpaired) electrons. The molecule has 0 amide bonds. The van der Waals surface area contributed by atoms with Crippen molar-refractivity contribution >= 4 is 11.6 Å². The quantitative estimate of drug-likeness (QED) is 0.735. The number of methoxy groups -OCH3 is 1. The molecule has 1 unspecified atom stereocenters. The monoisotopic (exact) mass is 390 g/mol. The summed E-state index contributed by atoms with van der Waals surface area (Å²) in [6.07, 6.45) is 2.55. The Hall–Kier alpha value is -1.56. The van der Waals surface area contributed by atoms with Crippen LogP contribution >= 0.6 is 11.6 Å². The van der Waals surface area contributed by atoms with Gasteiger partial charge in [-0.2, -0.15) is 5.10 Å². The molecule has 0 spiro atoms. The fourth-order valence-electron chi connectivity index (χ4n) is 3.87. The average Bonchev–Trinajstić information content (AvgIpc) is 3.29. The summed E-state index contributed by atoms with van der Waals surface area (Å²) in [7, 11) is 3.61. The summed E-state index contributed by atoms with van der Waals surface area (Å²) in [5.41, 5.74) is 3.52. The number of hydrogen-bond acceptors (Lipinski definition) is 4. The maximum Gasteiger partial charge on any atom is 0.131 e. The first-order chi connectivity index (χ1) is 13.0. The Labute approximate surface area is 167 Å². The zero-order valence-electron chi connectivity index (χ0n) is 16.8. The Morgan fingerprint density at radius 3 is 2.44 bits per heavy atom. The minimum atomic E-state index is 0.358. The van der Waals surface area contributed by atoms with Gasteiger partial charge in [-0.3, -0.25) is 9.58 Å². The lowest BCUT2D eigenvalue weighted by Crippen LogP contribution is -2.34. The maximum atomic E-state index is 6.49. The Bertz CT molecular complexity index is 735. The second-order valence-electron chi connectivity index (χ2n) is 7.60. The van der Waals surface area contributed by atoms with Crippen molar-refractivity contribution in [3.63, 3.8) is 0 Å². The van der Waals surface area contributed by atoms with Crippen molar-refractivity contribution in [1.82, 2.24) is 20.0 Å². The molecule has 148 valence electrons. The van der Waals surface area contributed by atoms with Gasteiger partial charge in [-0.25, -0.2) is 0 Å². The molecule has 1 aromatic heterocycles. The van der Waals surface area contributed by atoms with Crippen molar-refractivity contribution in [3.05, 3.63) is 46.2 Å². The van der Waals surface area contributed by atoms with Crippen molar-refractivity contribution in [3.8, 4) is 5.75 Å². The molecule has 2 aromatic rings. The second-order valence-corrected chi connectivity index (χ2v) is 7.95. The lowest BCUT2D eigenvalue weighted by Gasteiger charge is -2.28. The molecular weight excluding hydrogens is 360 g/mol. The summed E-state index contributed by atoms with van der Waals surface area (Å²) < 4.78 is 7.08. The Kier molecular flexibility index (Phi) is 6.79. The van der Waals surface area contributed by atoms with E-state index >= 15 is 0 Å². The van der Waals surface area contributed by atoms with Crippen LogP contribution in [0, 0.1) is 0 Å². The predicted molar refractivity (Wildman–Crippen MR) is 111 cm³/mol. The minimum absolute atomic E-state index is 0.358. The highest BCUT2D eigenvalue weighted by Gasteiger charge is 2.24. The Balaban J connectivity index is 1.72. The van der Waals surface area contributed by atoms with Gasteiger partial charge in [-0.05, 0) is 49.5 Å². The zero-order valence-corrected chi connectivity index (χ0v) is 17.6. The zero-order chi connectivity index (χ0) is 19.4. The molecule has 0 aliphatic carbocycles. The number of benzene rings is 1. The van der Waals surface area contributed by atoms with Crippen LogP contribution in [0.2, 0.25) is 5.15 Å². The Morgan fingerprint density at radius 1 is 1.19 bits per heavy atom. The highest BCUT2D eigenvalue weighted by Crippen LogP contribution is 2.28. The van der Waals surface area contributed by atoms with Gasteiger partial charge in [0.2, 0.25) is 0 Å². The number of aromatic nitrogens is 2. The molecule has 5 nitrogen and oxygen atoms in total. The molecule has 1 N–H and O–H groups in total. The summed E-state index contributed by atoms with van der Waals surface area (Å²) >= 11 is 6.49. The van der Waals surface area contributed by atoms with Crippen LogP contribution in [0.5, 0.6) is 5.75 Å². The number of aryl methyl sites for hydroxylation is 1. The van der Waals surface area contributed by atoms with Crippen LogP contribution in [0.4, 0.5) is 0 Å². The number of hydrogen-bond donors (Lipinski definition) is 1. The van der Waals surface area contributed by atoms with Gasteiger partial charge in [0.05, 0.1) is 12.8 Å². The van der Waals surface area contributed by atoms with E-state index in [9.17, 15) is 0 Å². The molecule has 1 aliphatic heterocycles. The average molecular weight is 391 g/mol. The van der Waals surface area contributed by atoms with E-state index in [1.807, 2.05) is 19.2 Å². The van der Waals surface area contributed by atoms with E-state index in [1.165, 1.54) is 18.4 Å². The first kappa shape index (κ1) is 20.2. The van der Waals surface area contributed by atoms with Crippen molar-refractivity contribution in [1.29, 1.82) is 0 Å². The third-order valence-corrected chi connectivity index (χ3v) is 5.84. The largest absolute Gasteiger partial charge is 0.497 e. The van der Waals surface area contributed by atoms with Gasteiger partial charge in [-0.1, -0.05) is 37.6 Å². The summed E-state index contributed by atoms with van der Waals surface area (Å²) in [6, 6.07) is 8.82. The van der Waals surface area contributed by atoms with Crippen LogP contribution in [0.15, 0.2) is 24.3 Å². The fraction of sp³-hybridized carbons (Fsp3) is 0.571. The third kappa shape index (κ3) is 4.65. The number of nitrogens with one attached hydrogen (secondary N) is 1. The number of rotatable bonds is 8. The van der Waals surface area contributed by atoms with Crippen LogP contribution in [-0.2, 0) is 13.6 Å². The number of nitrogens with zero attached hydrogens (tertiary/aromatic N) is 3. The molecule has 3 rings (SSSR count). The molecular formula is C21H31ClN4O. The van der Waals surface area contributed by atoms with E-state index in [2.05, 4.69) is 41.3 Å². The molecule has 27 heavy (non-hydrogen) atoms. The summed E-state index contributed by atoms with van der Waals surface area (Å²) in [5, 5.41) is 8.96. The predicted octanol–water partition coefficient (Wildman–Crippen LogP) is 4.13. The standard InChI is InChI=1S/C21H31ClN4O/c1-15(2)20-18(21(22)25(3)24-20)13-23-14-19(26-11-5-6-12-26)16-7-9-17(27-4)10-8-16/h7-10,15,19,23H,5-6,11-14H2,1-4H3. The molecule has 1 fully saturated rings. The lowest BCUT2D eigenvalue weighted by molar-refractivity contribution is 0.238. The van der Waals surface area contributed by atoms with Gasteiger partial charge >= 0.3 is 0 Å². The van der Waals surface area contributed by atoms with E-state index in [0.29, 0.717) is 12.0 Å². The van der Waals surface area contributed by atoms with Gasteiger partial charge in [0, 0.05) is 31.7 Å². The van der Waals surface area contributed by atoms with Crippen molar-refractivity contribution in [2.24, 2.45) is 7.05 Å². The van der Waals surface area contributed by atoms with Crippen molar-refractivity contribution in [2.45, 2.75) is 45.2 Å². The van der Waals surface area contributed by atoms with Crippen LogP contribution < -0.4 is 10.1 Å². The normalized spacial score (nSPS) is 16.2. The van der Waals surface area contributed by atoms with E-state index in [1.54, 1.807) is 11.8 Å². The molecule has 6 heteroatoms. The molecule has 2 heterocycles. The highest BCUT2D eigenvalue weighted by molar-refractivity contribution is 6.30. The Morgan fingerprint density at radius 2 is 1.85 bits per heavy atom. The second kappa shape index (κ2) is 9.09. The summed E-state index contributed by atoms with van der Waals surface area (Å²) in [5.74, 6) is 1.26. The maximum absolute atomic E-state index is 6.49. The van der Waals surface area contributed by atoms with Crippen LogP contribution in [-0.4, -0.2) is 41.4 Å². The minimum Gasteiger partial charge on any atom is -0.497 e. The number of likely N-dealkylation sites (tertiary alicyclic amines) is 1. The molecule has 1 atom stereocenters.